The highest BCUT2D eigenvalue weighted by Gasteiger charge is 2.28. The van der Waals surface area contributed by atoms with Gasteiger partial charge in [0.05, 0.1) is 0 Å². The highest BCUT2D eigenvalue weighted by molar-refractivity contribution is 5.57. The van der Waals surface area contributed by atoms with Crippen molar-refractivity contribution in [2.45, 2.75) is 45.7 Å². The maximum atomic E-state index is 4.77. The molecule has 1 aliphatic rings. The molecule has 1 aliphatic heterocycles. The molecule has 2 aromatic rings. The second-order valence-electron chi connectivity index (χ2n) is 5.61. The topological polar surface area (TPSA) is 41.9 Å². The summed E-state index contributed by atoms with van der Waals surface area (Å²) in [7, 11) is 0. The largest absolute Gasteiger partial charge is 0.351 e. The number of pyridine rings is 1. The van der Waals surface area contributed by atoms with Gasteiger partial charge in [-0.25, -0.2) is 9.97 Å². The fourth-order valence-corrected chi connectivity index (χ4v) is 2.96. The Balaban J connectivity index is 2.03. The fourth-order valence-electron chi connectivity index (χ4n) is 2.96. The van der Waals surface area contributed by atoms with E-state index in [0.29, 0.717) is 12.1 Å². The normalized spacial score (nSPS) is 22.2. The Kier molecular flexibility index (Phi) is 3.38. The van der Waals surface area contributed by atoms with Crippen LogP contribution >= 0.6 is 0 Å². The number of hydrogen-bond donors (Lipinski definition) is 0. The minimum atomic E-state index is 0.546. The summed E-state index contributed by atoms with van der Waals surface area (Å²) in [6, 6.07) is 7.09. The molecule has 4 heteroatoms. The van der Waals surface area contributed by atoms with Gasteiger partial charge in [-0.3, -0.25) is 4.98 Å². The molecular weight excluding hydrogens is 248 g/mol. The molecule has 104 valence electrons. The van der Waals surface area contributed by atoms with Gasteiger partial charge in [0.15, 0.2) is 5.82 Å². The number of nitrogens with zero attached hydrogens (tertiary/aromatic N) is 4. The smallest absolute Gasteiger partial charge is 0.161 e. The molecule has 1 fully saturated rings. The molecule has 2 atom stereocenters. The van der Waals surface area contributed by atoms with Crippen LogP contribution in [0.5, 0.6) is 0 Å². The van der Waals surface area contributed by atoms with Gasteiger partial charge >= 0.3 is 0 Å². The zero-order chi connectivity index (χ0) is 14.1. The average molecular weight is 268 g/mol. The first kappa shape index (κ1) is 13.0. The number of anilines is 1. The number of hydrogen-bond acceptors (Lipinski definition) is 4. The van der Waals surface area contributed by atoms with Gasteiger partial charge < -0.3 is 4.90 Å². The Morgan fingerprint density at radius 1 is 1.05 bits per heavy atom. The summed E-state index contributed by atoms with van der Waals surface area (Å²) in [5.74, 6) is 1.83. The molecule has 0 unspecified atom stereocenters. The molecule has 0 aliphatic carbocycles. The Morgan fingerprint density at radius 3 is 2.35 bits per heavy atom. The van der Waals surface area contributed by atoms with E-state index in [2.05, 4.69) is 34.8 Å². The van der Waals surface area contributed by atoms with Gasteiger partial charge in [0.1, 0.15) is 5.82 Å². The molecule has 20 heavy (non-hydrogen) atoms. The minimum absolute atomic E-state index is 0.546. The van der Waals surface area contributed by atoms with E-state index < -0.39 is 0 Å². The number of rotatable bonds is 2. The van der Waals surface area contributed by atoms with E-state index in [1.807, 2.05) is 19.1 Å². The van der Waals surface area contributed by atoms with Crippen molar-refractivity contribution < 1.29 is 0 Å². The van der Waals surface area contributed by atoms with Gasteiger partial charge in [-0.2, -0.15) is 0 Å². The van der Waals surface area contributed by atoms with Gasteiger partial charge in [-0.05, 0) is 45.7 Å². The summed E-state index contributed by atoms with van der Waals surface area (Å²) >= 11 is 0. The lowest BCUT2D eigenvalue weighted by Gasteiger charge is -2.28. The summed E-state index contributed by atoms with van der Waals surface area (Å²) in [6.07, 6.45) is 6.02. The van der Waals surface area contributed by atoms with Crippen molar-refractivity contribution in [3.63, 3.8) is 0 Å². The van der Waals surface area contributed by atoms with E-state index in [-0.39, 0.29) is 0 Å². The molecule has 0 aromatic carbocycles. The standard InChI is InChI=1S/C16H20N4/c1-11-10-15(20-12(2)4-5-13(20)3)19-16(18-11)14-6-8-17-9-7-14/h6-10,12-13H,4-5H2,1-3H3/t12-,13-/m0/s1. The van der Waals surface area contributed by atoms with E-state index in [1.54, 1.807) is 12.4 Å². The maximum Gasteiger partial charge on any atom is 0.161 e. The van der Waals surface area contributed by atoms with Crippen LogP contribution in [-0.4, -0.2) is 27.0 Å². The molecule has 0 saturated carbocycles. The molecule has 0 bridgehead atoms. The molecule has 0 amide bonds. The van der Waals surface area contributed by atoms with Crippen LogP contribution in [0.1, 0.15) is 32.4 Å². The maximum absolute atomic E-state index is 4.77. The minimum Gasteiger partial charge on any atom is -0.351 e. The van der Waals surface area contributed by atoms with Crippen LogP contribution in [0.2, 0.25) is 0 Å². The van der Waals surface area contributed by atoms with Gasteiger partial charge in [-0.15, -0.1) is 0 Å². The molecule has 3 rings (SSSR count). The third-order valence-corrected chi connectivity index (χ3v) is 4.00. The van der Waals surface area contributed by atoms with Crippen LogP contribution in [0, 0.1) is 6.92 Å². The van der Waals surface area contributed by atoms with E-state index in [4.69, 9.17) is 4.98 Å². The molecule has 3 heterocycles. The van der Waals surface area contributed by atoms with E-state index in [0.717, 1.165) is 22.9 Å². The van der Waals surface area contributed by atoms with Gasteiger partial charge in [0.25, 0.3) is 0 Å². The van der Waals surface area contributed by atoms with Crippen LogP contribution < -0.4 is 4.90 Å². The summed E-state index contributed by atoms with van der Waals surface area (Å²) in [5.41, 5.74) is 2.03. The van der Waals surface area contributed by atoms with Crippen LogP contribution in [0.4, 0.5) is 5.82 Å². The van der Waals surface area contributed by atoms with E-state index >= 15 is 0 Å². The fraction of sp³-hybridized carbons (Fsp3) is 0.438. The average Bonchev–Trinajstić information content (AvgIpc) is 2.78. The Morgan fingerprint density at radius 2 is 1.70 bits per heavy atom. The van der Waals surface area contributed by atoms with Crippen LogP contribution in [-0.2, 0) is 0 Å². The number of aryl methyl sites for hydroxylation is 1. The highest BCUT2D eigenvalue weighted by Crippen LogP contribution is 2.30. The lowest BCUT2D eigenvalue weighted by Crippen LogP contribution is -2.33. The lowest BCUT2D eigenvalue weighted by molar-refractivity contribution is 0.681. The SMILES string of the molecule is Cc1cc(N2[C@@H](C)CC[C@@H]2C)nc(-c2ccncc2)n1. The van der Waals surface area contributed by atoms with Crippen molar-refractivity contribution in [2.75, 3.05) is 4.90 Å². The van der Waals surface area contributed by atoms with Crippen molar-refractivity contribution in [1.29, 1.82) is 0 Å². The summed E-state index contributed by atoms with van der Waals surface area (Å²) < 4.78 is 0. The monoisotopic (exact) mass is 268 g/mol. The van der Waals surface area contributed by atoms with E-state index in [1.165, 1.54) is 12.8 Å². The zero-order valence-corrected chi connectivity index (χ0v) is 12.2. The van der Waals surface area contributed by atoms with Crippen molar-refractivity contribution >= 4 is 5.82 Å². The lowest BCUT2D eigenvalue weighted by atomic mass is 10.2. The van der Waals surface area contributed by atoms with Crippen LogP contribution in [0.25, 0.3) is 11.4 Å². The first-order chi connectivity index (χ1) is 9.65. The van der Waals surface area contributed by atoms with Crippen molar-refractivity contribution in [1.82, 2.24) is 15.0 Å². The Labute approximate surface area is 119 Å². The quantitative estimate of drug-likeness (QED) is 0.838. The third-order valence-electron chi connectivity index (χ3n) is 4.00. The predicted octanol–water partition coefficient (Wildman–Crippen LogP) is 3.22. The second-order valence-corrected chi connectivity index (χ2v) is 5.61. The van der Waals surface area contributed by atoms with Crippen molar-refractivity contribution in [2.24, 2.45) is 0 Å². The summed E-state index contributed by atoms with van der Waals surface area (Å²) in [4.78, 5) is 15.8. The molecular formula is C16H20N4. The number of aromatic nitrogens is 3. The predicted molar refractivity (Wildman–Crippen MR) is 80.6 cm³/mol. The van der Waals surface area contributed by atoms with Crippen LogP contribution in [0.3, 0.4) is 0 Å². The zero-order valence-electron chi connectivity index (χ0n) is 12.2. The molecule has 0 N–H and O–H groups in total. The molecule has 2 aromatic heterocycles. The van der Waals surface area contributed by atoms with Crippen LogP contribution in [0.15, 0.2) is 30.6 Å². The summed E-state index contributed by atoms with van der Waals surface area (Å²) in [6.45, 7) is 6.57. The van der Waals surface area contributed by atoms with Gasteiger partial charge in [0, 0.05) is 41.8 Å². The molecule has 0 radical (unpaired) electrons. The third kappa shape index (κ3) is 2.38. The van der Waals surface area contributed by atoms with Crippen molar-refractivity contribution in [3.8, 4) is 11.4 Å². The summed E-state index contributed by atoms with van der Waals surface area (Å²) in [5, 5.41) is 0. The first-order valence-corrected chi connectivity index (χ1v) is 7.19. The molecule has 1 saturated heterocycles. The Hall–Kier alpha value is -1.97. The van der Waals surface area contributed by atoms with Gasteiger partial charge in [-0.1, -0.05) is 0 Å². The van der Waals surface area contributed by atoms with Crippen molar-refractivity contribution in [3.05, 3.63) is 36.3 Å². The van der Waals surface area contributed by atoms with E-state index in [9.17, 15) is 0 Å². The molecule has 4 nitrogen and oxygen atoms in total. The Bertz CT molecular complexity index is 587. The highest BCUT2D eigenvalue weighted by atomic mass is 15.3. The van der Waals surface area contributed by atoms with Gasteiger partial charge in [0.2, 0.25) is 0 Å². The second kappa shape index (κ2) is 5.19. The molecule has 0 spiro atoms. The first-order valence-electron chi connectivity index (χ1n) is 7.19.